The number of ether oxygens (including phenoxy) is 2. The van der Waals surface area contributed by atoms with Crippen molar-refractivity contribution < 1.29 is 19.1 Å². The molecule has 0 unspecified atom stereocenters. The van der Waals surface area contributed by atoms with Gasteiger partial charge in [0.15, 0.2) is 11.5 Å². The Morgan fingerprint density at radius 3 is 2.28 bits per heavy atom. The van der Waals surface area contributed by atoms with Crippen LogP contribution in [0.25, 0.3) is 0 Å². The Hall–Kier alpha value is -2.84. The zero-order valence-electron chi connectivity index (χ0n) is 21.3. The first kappa shape index (κ1) is 27.7. The molecule has 0 aliphatic heterocycles. The molecule has 0 radical (unpaired) electrons. The van der Waals surface area contributed by atoms with E-state index in [1.807, 2.05) is 47.5 Å². The fourth-order valence-corrected chi connectivity index (χ4v) is 5.08. The highest BCUT2D eigenvalue weighted by Gasteiger charge is 2.23. The molecule has 0 aliphatic rings. The molecule has 0 saturated heterocycles. The number of halogens is 1. The number of hydrogen-bond donors (Lipinski definition) is 0. The first-order chi connectivity index (χ1) is 17.4. The molecular formula is C28H33BrN2O4S. The lowest BCUT2D eigenvalue weighted by Gasteiger charge is -2.28. The Morgan fingerprint density at radius 2 is 1.67 bits per heavy atom. The number of nitrogens with zero attached hydrogens (tertiary/aromatic N) is 2. The van der Waals surface area contributed by atoms with Crippen molar-refractivity contribution in [2.24, 2.45) is 0 Å². The number of carbonyl (C=O) groups is 2. The van der Waals surface area contributed by atoms with E-state index in [2.05, 4.69) is 28.9 Å². The second-order valence-electron chi connectivity index (χ2n) is 8.52. The van der Waals surface area contributed by atoms with E-state index in [1.54, 1.807) is 42.6 Å². The van der Waals surface area contributed by atoms with Gasteiger partial charge in [-0.05, 0) is 78.7 Å². The van der Waals surface area contributed by atoms with Crippen LogP contribution in [-0.2, 0) is 17.8 Å². The van der Waals surface area contributed by atoms with Crippen LogP contribution >= 0.6 is 27.3 Å². The minimum absolute atomic E-state index is 0.0408. The molecular weight excluding hydrogens is 540 g/mol. The summed E-state index contributed by atoms with van der Waals surface area (Å²) < 4.78 is 11.7. The van der Waals surface area contributed by atoms with Crippen molar-refractivity contribution in [3.63, 3.8) is 0 Å². The van der Waals surface area contributed by atoms with Crippen molar-refractivity contribution in [3.8, 4) is 11.5 Å². The van der Waals surface area contributed by atoms with Crippen LogP contribution in [0, 0.1) is 6.92 Å². The van der Waals surface area contributed by atoms with Crippen LogP contribution in [0.4, 0.5) is 0 Å². The number of benzene rings is 2. The molecule has 192 valence electrons. The Morgan fingerprint density at radius 1 is 0.944 bits per heavy atom. The molecule has 2 aromatic carbocycles. The first-order valence-corrected chi connectivity index (χ1v) is 13.6. The summed E-state index contributed by atoms with van der Waals surface area (Å²) in [5, 5.41) is 2.04. The van der Waals surface area contributed by atoms with E-state index in [0.29, 0.717) is 43.1 Å². The lowest BCUT2D eigenvalue weighted by molar-refractivity contribution is -0.132. The molecule has 3 aromatic rings. The van der Waals surface area contributed by atoms with Crippen LogP contribution in [0.3, 0.4) is 0 Å². The minimum atomic E-state index is -0.134. The highest BCUT2D eigenvalue weighted by molar-refractivity contribution is 9.10. The van der Waals surface area contributed by atoms with E-state index < -0.39 is 0 Å². The van der Waals surface area contributed by atoms with Gasteiger partial charge in [-0.15, -0.1) is 11.3 Å². The summed E-state index contributed by atoms with van der Waals surface area (Å²) in [5.41, 5.74) is 2.79. The smallest absolute Gasteiger partial charge is 0.254 e. The summed E-state index contributed by atoms with van der Waals surface area (Å²) in [7, 11) is 3.22. The third-order valence-electron chi connectivity index (χ3n) is 5.97. The summed E-state index contributed by atoms with van der Waals surface area (Å²) in [6, 6.07) is 15.1. The van der Waals surface area contributed by atoms with Gasteiger partial charge in [-0.2, -0.15) is 0 Å². The quantitative estimate of drug-likeness (QED) is 0.268. The summed E-state index contributed by atoms with van der Waals surface area (Å²) in [6.07, 6.45) is 1.43. The van der Waals surface area contributed by atoms with Crippen LogP contribution in [0.1, 0.15) is 39.7 Å². The highest BCUT2D eigenvalue weighted by atomic mass is 79.9. The Balaban J connectivity index is 1.78. The molecule has 36 heavy (non-hydrogen) atoms. The third kappa shape index (κ3) is 7.34. The second kappa shape index (κ2) is 13.5. The highest BCUT2D eigenvalue weighted by Crippen LogP contribution is 2.28. The van der Waals surface area contributed by atoms with Crippen LogP contribution in [0.2, 0.25) is 0 Å². The number of methoxy groups -OCH3 is 2. The van der Waals surface area contributed by atoms with Gasteiger partial charge in [0.25, 0.3) is 5.91 Å². The van der Waals surface area contributed by atoms with Crippen molar-refractivity contribution in [2.75, 3.05) is 33.9 Å². The Kier molecular flexibility index (Phi) is 10.4. The topological polar surface area (TPSA) is 59.1 Å². The van der Waals surface area contributed by atoms with Crippen molar-refractivity contribution in [1.82, 2.24) is 9.80 Å². The molecule has 0 atom stereocenters. The molecule has 0 N–H and O–H groups in total. The second-order valence-corrected chi connectivity index (χ2v) is 10.4. The first-order valence-electron chi connectivity index (χ1n) is 11.9. The monoisotopic (exact) mass is 572 g/mol. The van der Waals surface area contributed by atoms with Crippen LogP contribution in [0.15, 0.2) is 58.4 Å². The SMILES string of the molecule is CCCN(CC(=O)N(CCc1ccc(OC)c(OC)c1)Cc1sccc1C)C(=O)c1ccc(Br)cc1. The summed E-state index contributed by atoms with van der Waals surface area (Å²) >= 11 is 5.06. The summed E-state index contributed by atoms with van der Waals surface area (Å²) in [4.78, 5) is 31.4. The lowest BCUT2D eigenvalue weighted by Crippen LogP contribution is -2.43. The van der Waals surface area contributed by atoms with Crippen LogP contribution in [0.5, 0.6) is 11.5 Å². The molecule has 0 bridgehead atoms. The minimum Gasteiger partial charge on any atom is -0.493 e. The van der Waals surface area contributed by atoms with Crippen molar-refractivity contribution in [3.05, 3.63) is 80.0 Å². The van der Waals surface area contributed by atoms with Gasteiger partial charge >= 0.3 is 0 Å². The largest absolute Gasteiger partial charge is 0.493 e. The molecule has 0 saturated carbocycles. The van der Waals surface area contributed by atoms with Gasteiger partial charge in [-0.1, -0.05) is 28.9 Å². The van der Waals surface area contributed by atoms with Crippen LogP contribution < -0.4 is 9.47 Å². The predicted molar refractivity (Wildman–Crippen MR) is 148 cm³/mol. The zero-order valence-corrected chi connectivity index (χ0v) is 23.7. The molecule has 1 aromatic heterocycles. The fraction of sp³-hybridized carbons (Fsp3) is 0.357. The van der Waals surface area contributed by atoms with Gasteiger partial charge < -0.3 is 19.3 Å². The van der Waals surface area contributed by atoms with Gasteiger partial charge in [-0.25, -0.2) is 0 Å². The summed E-state index contributed by atoms with van der Waals surface area (Å²) in [6.45, 7) is 5.67. The molecule has 0 aliphatic carbocycles. The van der Waals surface area contributed by atoms with Crippen LogP contribution in [-0.4, -0.2) is 55.5 Å². The van der Waals surface area contributed by atoms with Gasteiger partial charge in [0.05, 0.1) is 20.8 Å². The van der Waals surface area contributed by atoms with E-state index in [1.165, 1.54) is 5.56 Å². The Labute approximate surface area is 226 Å². The van der Waals surface area contributed by atoms with E-state index in [-0.39, 0.29) is 18.4 Å². The predicted octanol–water partition coefficient (Wildman–Crippen LogP) is 5.96. The molecule has 0 fully saturated rings. The van der Waals surface area contributed by atoms with Gasteiger partial charge in [0.1, 0.15) is 6.54 Å². The molecule has 3 rings (SSSR count). The van der Waals surface area contributed by atoms with E-state index >= 15 is 0 Å². The number of thiophene rings is 1. The molecule has 6 nitrogen and oxygen atoms in total. The molecule has 1 heterocycles. The number of amides is 2. The number of rotatable bonds is 12. The normalized spacial score (nSPS) is 10.7. The third-order valence-corrected chi connectivity index (χ3v) is 7.51. The van der Waals surface area contributed by atoms with E-state index in [9.17, 15) is 9.59 Å². The zero-order chi connectivity index (χ0) is 26.1. The standard InChI is InChI=1S/C28H33BrN2O4S/c1-5-14-31(28(33)22-7-9-23(29)10-8-22)19-27(32)30(18-26-20(2)13-16-36-26)15-12-21-6-11-24(34-3)25(17-21)35-4/h6-11,13,16-17H,5,12,14-15,18-19H2,1-4H3. The average Bonchev–Trinajstić information content (AvgIpc) is 3.29. The maximum absolute atomic E-state index is 13.6. The van der Waals surface area contributed by atoms with Gasteiger partial charge in [0, 0.05) is 28.0 Å². The van der Waals surface area contributed by atoms with Gasteiger partial charge in [-0.3, -0.25) is 9.59 Å². The number of aryl methyl sites for hydroxylation is 1. The molecule has 0 spiro atoms. The number of hydrogen-bond acceptors (Lipinski definition) is 5. The van der Waals surface area contributed by atoms with Gasteiger partial charge in [0.2, 0.25) is 5.91 Å². The van der Waals surface area contributed by atoms with Crippen molar-refractivity contribution in [2.45, 2.75) is 33.2 Å². The molecule has 8 heteroatoms. The van der Waals surface area contributed by atoms with E-state index in [4.69, 9.17) is 9.47 Å². The summed E-state index contributed by atoms with van der Waals surface area (Å²) in [5.74, 6) is 1.13. The number of carbonyl (C=O) groups excluding carboxylic acids is 2. The maximum atomic E-state index is 13.6. The van der Waals surface area contributed by atoms with Crippen molar-refractivity contribution in [1.29, 1.82) is 0 Å². The van der Waals surface area contributed by atoms with E-state index in [0.717, 1.165) is 21.3 Å². The Bertz CT molecular complexity index is 1160. The fourth-order valence-electron chi connectivity index (χ4n) is 3.89. The molecule has 2 amide bonds. The van der Waals surface area contributed by atoms with Crippen molar-refractivity contribution >= 4 is 39.1 Å². The lowest BCUT2D eigenvalue weighted by atomic mass is 10.1. The average molecular weight is 574 g/mol. The maximum Gasteiger partial charge on any atom is 0.254 e.